The molecule has 1 aromatic carbocycles. The second kappa shape index (κ2) is 9.19. The van der Waals surface area contributed by atoms with Gasteiger partial charge in [0.1, 0.15) is 5.75 Å². The number of hydrogen-bond donors (Lipinski definition) is 1. The first kappa shape index (κ1) is 18.2. The summed E-state index contributed by atoms with van der Waals surface area (Å²) in [7, 11) is 0. The van der Waals surface area contributed by atoms with Crippen LogP contribution in [0, 0.1) is 5.92 Å². The van der Waals surface area contributed by atoms with Gasteiger partial charge < -0.3 is 9.47 Å². The minimum atomic E-state index is -0.507. The molecule has 0 spiro atoms. The number of carbonyl (C=O) groups is 2. The normalized spacial score (nSPS) is 12.5. The number of hydrazone groups is 1. The summed E-state index contributed by atoms with van der Waals surface area (Å²) in [5.74, 6) is -0.700. The number of nitrogens with zero attached hydrogens (tertiary/aromatic N) is 1. The SMILES string of the molecule is CCOC(=O)C(C)/C(C)=N\NC(=O)COc1ccc(Br)cc1. The van der Waals surface area contributed by atoms with E-state index in [9.17, 15) is 9.59 Å². The van der Waals surface area contributed by atoms with Gasteiger partial charge in [0.05, 0.1) is 12.5 Å². The molecule has 0 aliphatic heterocycles. The molecule has 120 valence electrons. The number of halogens is 1. The van der Waals surface area contributed by atoms with Gasteiger partial charge in [-0.25, -0.2) is 5.43 Å². The van der Waals surface area contributed by atoms with Crippen LogP contribution in [0.2, 0.25) is 0 Å². The number of nitrogens with one attached hydrogen (secondary N) is 1. The second-order valence-corrected chi connectivity index (χ2v) is 5.42. The number of amides is 1. The quantitative estimate of drug-likeness (QED) is 0.454. The van der Waals surface area contributed by atoms with E-state index in [-0.39, 0.29) is 12.6 Å². The Hall–Kier alpha value is -1.89. The van der Waals surface area contributed by atoms with Crippen molar-refractivity contribution in [2.75, 3.05) is 13.2 Å². The molecular formula is C15H19BrN2O4. The van der Waals surface area contributed by atoms with Crippen molar-refractivity contribution in [1.82, 2.24) is 5.43 Å². The van der Waals surface area contributed by atoms with Gasteiger partial charge in [0.25, 0.3) is 5.91 Å². The van der Waals surface area contributed by atoms with Crippen LogP contribution in [0.3, 0.4) is 0 Å². The van der Waals surface area contributed by atoms with Crippen LogP contribution in [0.5, 0.6) is 5.75 Å². The Morgan fingerprint density at radius 2 is 1.95 bits per heavy atom. The van der Waals surface area contributed by atoms with Crippen molar-refractivity contribution in [3.63, 3.8) is 0 Å². The Labute approximate surface area is 138 Å². The first-order valence-corrected chi connectivity index (χ1v) is 7.61. The molecule has 7 heteroatoms. The largest absolute Gasteiger partial charge is 0.484 e. The molecule has 0 saturated carbocycles. The van der Waals surface area contributed by atoms with Crippen LogP contribution >= 0.6 is 15.9 Å². The number of rotatable bonds is 7. The minimum Gasteiger partial charge on any atom is -0.484 e. The van der Waals surface area contributed by atoms with E-state index in [0.717, 1.165) is 4.47 Å². The van der Waals surface area contributed by atoms with Crippen molar-refractivity contribution in [3.8, 4) is 5.75 Å². The Bertz CT molecular complexity index is 543. The standard InChI is InChI=1S/C15H19BrN2O4/c1-4-21-15(20)10(2)11(3)17-18-14(19)9-22-13-7-5-12(16)6-8-13/h5-8,10H,4,9H2,1-3H3,(H,18,19)/b17-11-. The number of hydrogen-bond acceptors (Lipinski definition) is 5. The van der Waals surface area contributed by atoms with E-state index in [1.54, 1.807) is 32.9 Å². The lowest BCUT2D eigenvalue weighted by atomic mass is 10.1. The van der Waals surface area contributed by atoms with Gasteiger partial charge in [-0.15, -0.1) is 0 Å². The molecule has 0 fully saturated rings. The topological polar surface area (TPSA) is 77.0 Å². The predicted molar refractivity (Wildman–Crippen MR) is 86.7 cm³/mol. The molecule has 0 aliphatic carbocycles. The van der Waals surface area contributed by atoms with E-state index in [0.29, 0.717) is 18.1 Å². The van der Waals surface area contributed by atoms with E-state index in [4.69, 9.17) is 9.47 Å². The third-order valence-electron chi connectivity index (χ3n) is 2.81. The van der Waals surface area contributed by atoms with E-state index in [1.807, 2.05) is 12.1 Å². The molecule has 0 heterocycles. The molecule has 1 unspecified atom stereocenters. The summed E-state index contributed by atoms with van der Waals surface area (Å²) in [5, 5.41) is 3.88. The van der Waals surface area contributed by atoms with Crippen LogP contribution < -0.4 is 10.2 Å². The molecule has 1 rings (SSSR count). The molecule has 0 radical (unpaired) electrons. The Morgan fingerprint density at radius 1 is 1.32 bits per heavy atom. The van der Waals surface area contributed by atoms with Crippen LogP contribution in [0.15, 0.2) is 33.8 Å². The molecular weight excluding hydrogens is 352 g/mol. The third-order valence-corrected chi connectivity index (χ3v) is 3.34. The smallest absolute Gasteiger partial charge is 0.314 e. The summed E-state index contributed by atoms with van der Waals surface area (Å²) in [5.41, 5.74) is 2.82. The van der Waals surface area contributed by atoms with E-state index in [2.05, 4.69) is 26.5 Å². The van der Waals surface area contributed by atoms with Crippen molar-refractivity contribution in [2.45, 2.75) is 20.8 Å². The maximum Gasteiger partial charge on any atom is 0.314 e. The molecule has 0 saturated heterocycles. The minimum absolute atomic E-state index is 0.161. The highest BCUT2D eigenvalue weighted by Crippen LogP contribution is 2.15. The summed E-state index contributed by atoms with van der Waals surface area (Å²) in [6.45, 7) is 5.20. The Morgan fingerprint density at radius 3 is 2.55 bits per heavy atom. The van der Waals surface area contributed by atoms with Gasteiger partial charge in [-0.3, -0.25) is 9.59 Å². The first-order chi connectivity index (χ1) is 10.4. The molecule has 1 N–H and O–H groups in total. The number of ether oxygens (including phenoxy) is 2. The second-order valence-electron chi connectivity index (χ2n) is 4.50. The van der Waals surface area contributed by atoms with Crippen LogP contribution in [-0.2, 0) is 14.3 Å². The highest BCUT2D eigenvalue weighted by Gasteiger charge is 2.17. The predicted octanol–water partition coefficient (Wildman–Crippen LogP) is 2.52. The molecule has 1 aromatic rings. The lowest BCUT2D eigenvalue weighted by Crippen LogP contribution is -2.28. The lowest BCUT2D eigenvalue weighted by molar-refractivity contribution is -0.145. The number of carbonyl (C=O) groups excluding carboxylic acids is 2. The first-order valence-electron chi connectivity index (χ1n) is 6.82. The summed E-state index contributed by atoms with van der Waals surface area (Å²) < 4.78 is 11.1. The van der Waals surface area contributed by atoms with Gasteiger partial charge in [0.2, 0.25) is 0 Å². The summed E-state index contributed by atoms with van der Waals surface area (Å²) in [4.78, 5) is 23.2. The van der Waals surface area contributed by atoms with Gasteiger partial charge >= 0.3 is 5.97 Å². The molecule has 0 bridgehead atoms. The maximum atomic E-state index is 11.6. The van der Waals surface area contributed by atoms with Crippen LogP contribution in [0.1, 0.15) is 20.8 Å². The van der Waals surface area contributed by atoms with Crippen LogP contribution in [-0.4, -0.2) is 30.8 Å². The molecule has 1 atom stereocenters. The van der Waals surface area contributed by atoms with Gasteiger partial charge in [-0.2, -0.15) is 5.10 Å². The fourth-order valence-corrected chi connectivity index (χ4v) is 1.66. The van der Waals surface area contributed by atoms with Gasteiger partial charge in [-0.1, -0.05) is 15.9 Å². The van der Waals surface area contributed by atoms with Crippen LogP contribution in [0.25, 0.3) is 0 Å². The Balaban J connectivity index is 2.42. The number of benzene rings is 1. The monoisotopic (exact) mass is 370 g/mol. The van der Waals surface area contributed by atoms with Crippen molar-refractivity contribution in [2.24, 2.45) is 11.0 Å². The average Bonchev–Trinajstić information content (AvgIpc) is 2.51. The zero-order valence-electron chi connectivity index (χ0n) is 12.8. The third kappa shape index (κ3) is 6.26. The maximum absolute atomic E-state index is 11.6. The van der Waals surface area contributed by atoms with Crippen molar-refractivity contribution >= 4 is 33.5 Å². The van der Waals surface area contributed by atoms with Gasteiger partial charge in [0, 0.05) is 10.2 Å². The van der Waals surface area contributed by atoms with Gasteiger partial charge in [-0.05, 0) is 45.0 Å². The molecule has 0 aliphatic rings. The highest BCUT2D eigenvalue weighted by atomic mass is 79.9. The molecule has 6 nitrogen and oxygen atoms in total. The number of esters is 1. The summed E-state index contributed by atoms with van der Waals surface area (Å²) in [6.07, 6.45) is 0. The van der Waals surface area contributed by atoms with Crippen molar-refractivity contribution in [1.29, 1.82) is 0 Å². The van der Waals surface area contributed by atoms with Crippen molar-refractivity contribution in [3.05, 3.63) is 28.7 Å². The fraction of sp³-hybridized carbons (Fsp3) is 0.400. The van der Waals surface area contributed by atoms with Gasteiger partial charge in [0.15, 0.2) is 6.61 Å². The fourth-order valence-electron chi connectivity index (χ4n) is 1.40. The summed E-state index contributed by atoms with van der Waals surface area (Å²) >= 11 is 3.31. The molecule has 0 aromatic heterocycles. The van der Waals surface area contributed by atoms with E-state index in [1.165, 1.54) is 0 Å². The van der Waals surface area contributed by atoms with E-state index >= 15 is 0 Å². The van der Waals surface area contributed by atoms with Crippen LogP contribution in [0.4, 0.5) is 0 Å². The highest BCUT2D eigenvalue weighted by molar-refractivity contribution is 9.10. The zero-order valence-corrected chi connectivity index (χ0v) is 14.3. The summed E-state index contributed by atoms with van der Waals surface area (Å²) in [6, 6.07) is 7.12. The average molecular weight is 371 g/mol. The van der Waals surface area contributed by atoms with E-state index < -0.39 is 11.8 Å². The van der Waals surface area contributed by atoms with Crippen molar-refractivity contribution < 1.29 is 19.1 Å². The Kier molecular flexibility index (Phi) is 7.59. The molecule has 1 amide bonds. The zero-order chi connectivity index (χ0) is 16.5. The molecule has 22 heavy (non-hydrogen) atoms. The lowest BCUT2D eigenvalue weighted by Gasteiger charge is -2.10.